The topological polar surface area (TPSA) is 106 Å². The highest BCUT2D eigenvalue weighted by molar-refractivity contribution is 5.98. The van der Waals surface area contributed by atoms with Crippen LogP contribution >= 0.6 is 0 Å². The number of hydrogen-bond acceptors (Lipinski definition) is 5. The smallest absolute Gasteiger partial charge is 0.265 e. The van der Waals surface area contributed by atoms with E-state index in [0.717, 1.165) is 0 Å². The zero-order chi connectivity index (χ0) is 32.5. The quantitative estimate of drug-likeness (QED) is 0.268. The van der Waals surface area contributed by atoms with Gasteiger partial charge in [0, 0.05) is 36.9 Å². The molecule has 0 radical (unpaired) electrons. The Hall–Kier alpha value is -4.00. The first kappa shape index (κ1) is 30.6. The van der Waals surface area contributed by atoms with Crippen LogP contribution in [-0.2, 0) is 18.4 Å². The third-order valence-corrected chi connectivity index (χ3v) is 10.1. The Labute approximate surface area is 263 Å². The van der Waals surface area contributed by atoms with Crippen LogP contribution in [0.25, 0.3) is 33.6 Å². The fourth-order valence-electron chi connectivity index (χ4n) is 7.06. The number of alkyl halides is 3. The molecular formula is C33H37F4N7O2. The zero-order valence-electron chi connectivity index (χ0n) is 26.0. The first-order chi connectivity index (χ1) is 21.8. The molecule has 7 rings (SSSR count). The first-order valence-electron chi connectivity index (χ1n) is 15.9. The maximum Gasteiger partial charge on any atom is 0.265 e. The van der Waals surface area contributed by atoms with E-state index in [1.165, 1.54) is 16.7 Å². The van der Waals surface area contributed by atoms with Crippen LogP contribution in [0.4, 0.5) is 17.6 Å². The van der Waals surface area contributed by atoms with E-state index in [-0.39, 0.29) is 48.7 Å². The molecule has 5 heterocycles. The number of nitrogens with one attached hydrogen (secondary N) is 3. The van der Waals surface area contributed by atoms with Crippen molar-refractivity contribution in [3.63, 3.8) is 0 Å². The van der Waals surface area contributed by atoms with Crippen molar-refractivity contribution in [2.45, 2.75) is 76.7 Å². The minimum Gasteiger partial charge on any atom is -0.348 e. The number of amides is 2. The molecule has 5 atom stereocenters. The average molecular weight is 640 g/mol. The van der Waals surface area contributed by atoms with Crippen LogP contribution in [0.3, 0.4) is 0 Å². The van der Waals surface area contributed by atoms with Gasteiger partial charge in [0.15, 0.2) is 5.82 Å². The van der Waals surface area contributed by atoms with Crippen molar-refractivity contribution in [3.05, 3.63) is 47.4 Å². The molecule has 0 unspecified atom stereocenters. The van der Waals surface area contributed by atoms with Crippen molar-refractivity contribution in [2.75, 3.05) is 13.1 Å². The van der Waals surface area contributed by atoms with E-state index in [0.29, 0.717) is 53.1 Å². The van der Waals surface area contributed by atoms with Crippen LogP contribution < -0.4 is 16.0 Å². The molecule has 9 nitrogen and oxygen atoms in total. The number of aryl methyl sites for hydroxylation is 1. The lowest BCUT2D eigenvalue weighted by Crippen LogP contribution is -2.52. The van der Waals surface area contributed by atoms with Gasteiger partial charge in [0.25, 0.3) is 11.8 Å². The minimum absolute atomic E-state index is 0.0664. The van der Waals surface area contributed by atoms with Crippen LogP contribution in [-0.4, -0.2) is 62.1 Å². The van der Waals surface area contributed by atoms with Crippen molar-refractivity contribution >= 4 is 33.9 Å². The molecule has 13 heteroatoms. The number of imidazole rings is 1. The Morgan fingerprint density at radius 2 is 1.96 bits per heavy atom. The van der Waals surface area contributed by atoms with Gasteiger partial charge in [-0.3, -0.25) is 9.59 Å². The second kappa shape index (κ2) is 11.1. The minimum atomic E-state index is -3.08. The standard InChI is InChI=1S/C33H37F4N7O2/c1-17-23-7-6-18-11-27(44(28(18)40-23)16-33(36,37)9-4-5-19-14-32(19,2)31(46)39-17)29-41-24-12-20(22(35)13-26(24)43(29)3)30(45)42-25-15-38-10-8-21(25)34/h6-7,11-13,17,19,21,25,38H,4-5,8-10,14-16H2,1-3H3,(H,39,46)(H,42,45)/t17-,19-,21+,25+,32-/m1/s1. The number of fused-ring (bicyclic) bond motifs is 3. The molecule has 3 aliphatic rings. The van der Waals surface area contributed by atoms with E-state index in [4.69, 9.17) is 4.98 Å². The summed E-state index contributed by atoms with van der Waals surface area (Å²) in [6.07, 6.45) is 0.147. The van der Waals surface area contributed by atoms with Gasteiger partial charge in [-0.25, -0.2) is 27.5 Å². The van der Waals surface area contributed by atoms with Gasteiger partial charge in [-0.15, -0.1) is 0 Å². The summed E-state index contributed by atoms with van der Waals surface area (Å²) in [4.78, 5) is 35.5. The summed E-state index contributed by atoms with van der Waals surface area (Å²) >= 11 is 0. The maximum absolute atomic E-state index is 15.7. The van der Waals surface area contributed by atoms with Gasteiger partial charge in [0.2, 0.25) is 5.91 Å². The Morgan fingerprint density at radius 3 is 2.74 bits per heavy atom. The lowest BCUT2D eigenvalue weighted by atomic mass is 10.00. The number of carbonyl (C=O) groups is 2. The van der Waals surface area contributed by atoms with Gasteiger partial charge in [0.05, 0.1) is 46.6 Å². The lowest BCUT2D eigenvalue weighted by Gasteiger charge is -2.27. The van der Waals surface area contributed by atoms with E-state index in [1.54, 1.807) is 29.8 Å². The monoisotopic (exact) mass is 639 g/mol. The van der Waals surface area contributed by atoms with Crippen LogP contribution in [0, 0.1) is 17.2 Å². The molecule has 1 aliphatic carbocycles. The number of nitrogens with zero attached hydrogens (tertiary/aromatic N) is 4. The van der Waals surface area contributed by atoms with Gasteiger partial charge in [-0.05, 0) is 69.3 Å². The first-order valence-corrected chi connectivity index (χ1v) is 15.9. The number of rotatable bonds is 3. The predicted octanol–water partition coefficient (Wildman–Crippen LogP) is 5.18. The molecule has 3 N–H and O–H groups in total. The highest BCUT2D eigenvalue weighted by atomic mass is 19.3. The van der Waals surface area contributed by atoms with Crippen LogP contribution in [0.5, 0.6) is 0 Å². The van der Waals surface area contributed by atoms with Crippen molar-refractivity contribution in [2.24, 2.45) is 18.4 Å². The summed E-state index contributed by atoms with van der Waals surface area (Å²) in [6.45, 7) is 3.81. The van der Waals surface area contributed by atoms with E-state index < -0.39 is 47.9 Å². The highest BCUT2D eigenvalue weighted by Gasteiger charge is 2.55. The molecule has 2 aliphatic heterocycles. The maximum atomic E-state index is 15.7. The summed E-state index contributed by atoms with van der Waals surface area (Å²) in [5.74, 6) is -4.37. The summed E-state index contributed by atoms with van der Waals surface area (Å²) in [5, 5.41) is 9.27. The highest BCUT2D eigenvalue weighted by Crippen LogP contribution is 2.55. The van der Waals surface area contributed by atoms with Gasteiger partial charge in [-0.1, -0.05) is 6.92 Å². The predicted molar refractivity (Wildman–Crippen MR) is 165 cm³/mol. The van der Waals surface area contributed by atoms with Crippen molar-refractivity contribution < 1.29 is 27.2 Å². The number of benzene rings is 1. The average Bonchev–Trinajstić information content (AvgIpc) is 3.40. The molecule has 0 spiro atoms. The van der Waals surface area contributed by atoms with E-state index in [2.05, 4.69) is 20.9 Å². The molecule has 244 valence electrons. The van der Waals surface area contributed by atoms with E-state index in [1.807, 2.05) is 13.8 Å². The molecule has 1 saturated heterocycles. The number of pyridine rings is 1. The van der Waals surface area contributed by atoms with Crippen molar-refractivity contribution in [3.8, 4) is 11.5 Å². The Kier molecular flexibility index (Phi) is 7.37. The van der Waals surface area contributed by atoms with Crippen molar-refractivity contribution in [1.82, 2.24) is 35.1 Å². The summed E-state index contributed by atoms with van der Waals surface area (Å²) in [7, 11) is 1.65. The number of aromatic nitrogens is 4. The fraction of sp³-hybridized carbons (Fsp3) is 0.515. The lowest BCUT2D eigenvalue weighted by molar-refractivity contribution is -0.127. The summed E-state index contributed by atoms with van der Waals surface area (Å²) in [6, 6.07) is 6.54. The number of carbonyl (C=O) groups excluding carboxylic acids is 2. The fourth-order valence-corrected chi connectivity index (χ4v) is 7.06. The van der Waals surface area contributed by atoms with Gasteiger partial charge < -0.3 is 25.1 Å². The van der Waals surface area contributed by atoms with Gasteiger partial charge in [0.1, 0.15) is 17.6 Å². The normalized spacial score (nSPS) is 28.1. The third-order valence-electron chi connectivity index (χ3n) is 10.1. The molecule has 2 bridgehead atoms. The number of piperidine rings is 1. The van der Waals surface area contributed by atoms with Crippen molar-refractivity contribution in [1.29, 1.82) is 0 Å². The second-order valence-electron chi connectivity index (χ2n) is 13.4. The molecule has 3 aromatic heterocycles. The Balaban J connectivity index is 1.29. The molecular weight excluding hydrogens is 602 g/mol. The Bertz CT molecular complexity index is 1870. The molecule has 2 fully saturated rings. The van der Waals surface area contributed by atoms with Crippen LogP contribution in [0.2, 0.25) is 0 Å². The molecule has 46 heavy (non-hydrogen) atoms. The van der Waals surface area contributed by atoms with Gasteiger partial charge >= 0.3 is 0 Å². The molecule has 2 amide bonds. The Morgan fingerprint density at radius 1 is 1.15 bits per heavy atom. The van der Waals surface area contributed by atoms with E-state index in [9.17, 15) is 14.0 Å². The van der Waals surface area contributed by atoms with Crippen LogP contribution in [0.1, 0.15) is 68.0 Å². The number of hydrogen-bond donors (Lipinski definition) is 3. The largest absolute Gasteiger partial charge is 0.348 e. The summed E-state index contributed by atoms with van der Waals surface area (Å²) < 4.78 is 64.0. The molecule has 1 saturated carbocycles. The zero-order valence-corrected chi connectivity index (χ0v) is 26.0. The number of halogens is 4. The van der Waals surface area contributed by atoms with E-state index >= 15 is 13.2 Å². The SMILES string of the molecule is C[C@H]1NC(=O)[C@]2(C)C[C@H]2CCCC(F)(F)Cn2c(-c3nc4cc(C(=O)N[C@H]5CNCC[C@@H]5F)c(F)cc4n3C)cc3ccc1nc32. The third kappa shape index (κ3) is 5.31. The van der Waals surface area contributed by atoms with Gasteiger partial charge in [-0.2, -0.15) is 0 Å². The second-order valence-corrected chi connectivity index (χ2v) is 13.4. The molecule has 1 aromatic carbocycles. The summed E-state index contributed by atoms with van der Waals surface area (Å²) in [5.41, 5.74) is 1.03. The van der Waals surface area contributed by atoms with Crippen LogP contribution in [0.15, 0.2) is 30.3 Å². The molecule has 4 aromatic rings.